The van der Waals surface area contributed by atoms with Gasteiger partial charge >= 0.3 is 0 Å². The largest absolute Gasteiger partial charge is 0.396 e. The van der Waals surface area contributed by atoms with Gasteiger partial charge in [-0.3, -0.25) is 14.5 Å². The molecule has 0 aromatic carbocycles. The minimum atomic E-state index is 0.754. The van der Waals surface area contributed by atoms with E-state index in [1.165, 1.54) is 32.4 Å². The Labute approximate surface area is 109 Å². The molecule has 3 heterocycles. The Kier molecular flexibility index (Phi) is 3.26. The van der Waals surface area contributed by atoms with Crippen LogP contribution < -0.4 is 5.73 Å². The summed E-state index contributed by atoms with van der Waals surface area (Å²) in [6.45, 7) is 4.46. The molecule has 2 aliphatic heterocycles. The van der Waals surface area contributed by atoms with Crippen LogP contribution in [0.25, 0.3) is 0 Å². The normalized spacial score (nSPS) is 29.6. The van der Waals surface area contributed by atoms with Crippen LogP contribution >= 0.6 is 0 Å². The molecule has 0 aliphatic carbocycles. The summed E-state index contributed by atoms with van der Waals surface area (Å²) in [6, 6.07) is 1.58. The van der Waals surface area contributed by atoms with Crippen LogP contribution in [0.5, 0.6) is 0 Å². The molecule has 2 fully saturated rings. The van der Waals surface area contributed by atoms with Gasteiger partial charge in [-0.1, -0.05) is 0 Å². The van der Waals surface area contributed by atoms with Crippen molar-refractivity contribution in [2.45, 2.75) is 37.9 Å². The summed E-state index contributed by atoms with van der Waals surface area (Å²) < 4.78 is 1.95. The summed E-state index contributed by atoms with van der Waals surface area (Å²) in [5, 5.41) is 4.24. The summed E-state index contributed by atoms with van der Waals surface area (Å²) in [5.74, 6) is 0. The molecule has 2 saturated heterocycles. The Morgan fingerprint density at radius 3 is 2.89 bits per heavy atom. The topological polar surface area (TPSA) is 50.3 Å². The van der Waals surface area contributed by atoms with E-state index in [1.807, 2.05) is 10.9 Å². The molecule has 18 heavy (non-hydrogen) atoms. The molecule has 1 aromatic heterocycles. The van der Waals surface area contributed by atoms with Crippen LogP contribution in [0.15, 0.2) is 12.4 Å². The van der Waals surface area contributed by atoms with Crippen LogP contribution in [0, 0.1) is 0 Å². The van der Waals surface area contributed by atoms with E-state index in [2.05, 4.69) is 21.9 Å². The monoisotopic (exact) mass is 249 g/mol. The zero-order valence-corrected chi connectivity index (χ0v) is 11.1. The van der Waals surface area contributed by atoms with Gasteiger partial charge in [0, 0.05) is 31.4 Å². The predicted molar refractivity (Wildman–Crippen MR) is 72.3 cm³/mol. The Morgan fingerprint density at radius 2 is 2.11 bits per heavy atom. The number of fused-ring (bicyclic) bond motifs is 2. The first-order valence-electron chi connectivity index (χ1n) is 6.94. The van der Waals surface area contributed by atoms with Crippen LogP contribution in [0.4, 0.5) is 5.69 Å². The lowest BCUT2D eigenvalue weighted by Crippen LogP contribution is -2.37. The molecule has 2 atom stereocenters. The smallest absolute Gasteiger partial charge is 0.0719 e. The minimum absolute atomic E-state index is 0.754. The Balaban J connectivity index is 1.54. The number of nitrogen functional groups attached to an aromatic ring is 1. The van der Waals surface area contributed by atoms with Crippen molar-refractivity contribution in [3.8, 4) is 0 Å². The first kappa shape index (κ1) is 12.0. The third kappa shape index (κ3) is 2.37. The highest BCUT2D eigenvalue weighted by molar-refractivity contribution is 5.30. The number of rotatable bonds is 3. The number of anilines is 1. The molecule has 2 aliphatic rings. The molecule has 2 bridgehead atoms. The minimum Gasteiger partial charge on any atom is -0.396 e. The lowest BCUT2D eigenvalue weighted by molar-refractivity contribution is 0.213. The van der Waals surface area contributed by atoms with E-state index < -0.39 is 0 Å². The van der Waals surface area contributed by atoms with E-state index in [0.29, 0.717) is 0 Å². The Morgan fingerprint density at radius 1 is 1.28 bits per heavy atom. The maximum absolute atomic E-state index is 5.68. The highest BCUT2D eigenvalue weighted by Gasteiger charge is 2.34. The molecule has 3 rings (SSSR count). The molecule has 5 heteroatoms. The fourth-order valence-electron chi connectivity index (χ4n) is 3.33. The number of nitrogens with two attached hydrogens (primary N) is 1. The lowest BCUT2D eigenvalue weighted by atomic mass is 10.1. The highest BCUT2D eigenvalue weighted by Crippen LogP contribution is 2.28. The fourth-order valence-corrected chi connectivity index (χ4v) is 3.33. The molecule has 0 amide bonds. The van der Waals surface area contributed by atoms with Crippen molar-refractivity contribution < 1.29 is 0 Å². The Bertz CT molecular complexity index is 402. The second-order valence-electron chi connectivity index (χ2n) is 5.68. The molecule has 2 unspecified atom stereocenters. The van der Waals surface area contributed by atoms with Gasteiger partial charge in [0.25, 0.3) is 0 Å². The molecule has 100 valence electrons. The molecule has 0 spiro atoms. The van der Waals surface area contributed by atoms with Gasteiger partial charge in [-0.2, -0.15) is 5.10 Å². The average molecular weight is 249 g/mol. The summed E-state index contributed by atoms with van der Waals surface area (Å²) in [5.41, 5.74) is 6.43. The van der Waals surface area contributed by atoms with E-state index in [9.17, 15) is 0 Å². The van der Waals surface area contributed by atoms with Gasteiger partial charge in [-0.05, 0) is 32.9 Å². The first-order chi connectivity index (χ1) is 8.72. The van der Waals surface area contributed by atoms with Crippen LogP contribution in [0.2, 0.25) is 0 Å². The van der Waals surface area contributed by atoms with E-state index in [1.54, 1.807) is 6.20 Å². The summed E-state index contributed by atoms with van der Waals surface area (Å²) in [4.78, 5) is 5.17. The van der Waals surface area contributed by atoms with E-state index in [-0.39, 0.29) is 0 Å². The molecule has 5 nitrogen and oxygen atoms in total. The summed E-state index contributed by atoms with van der Waals surface area (Å²) in [7, 11) is 2.29. The fraction of sp³-hybridized carbons (Fsp3) is 0.769. The van der Waals surface area contributed by atoms with Crippen molar-refractivity contribution in [2.75, 3.05) is 32.4 Å². The zero-order valence-electron chi connectivity index (χ0n) is 11.1. The van der Waals surface area contributed by atoms with Gasteiger partial charge in [-0.25, -0.2) is 0 Å². The molecular weight excluding hydrogens is 226 g/mol. The van der Waals surface area contributed by atoms with Crippen molar-refractivity contribution in [1.82, 2.24) is 19.6 Å². The molecule has 1 aromatic rings. The zero-order chi connectivity index (χ0) is 12.5. The van der Waals surface area contributed by atoms with Crippen LogP contribution in [-0.4, -0.2) is 58.3 Å². The molecule has 2 N–H and O–H groups in total. The van der Waals surface area contributed by atoms with Crippen molar-refractivity contribution in [3.05, 3.63) is 12.4 Å². The van der Waals surface area contributed by atoms with Crippen LogP contribution in [0.1, 0.15) is 19.3 Å². The van der Waals surface area contributed by atoms with Gasteiger partial charge < -0.3 is 5.73 Å². The molecule has 0 saturated carbocycles. The highest BCUT2D eigenvalue weighted by atomic mass is 15.3. The van der Waals surface area contributed by atoms with Gasteiger partial charge in [0.15, 0.2) is 0 Å². The van der Waals surface area contributed by atoms with Crippen LogP contribution in [-0.2, 0) is 6.54 Å². The van der Waals surface area contributed by atoms with Gasteiger partial charge in [0.1, 0.15) is 0 Å². The second-order valence-corrected chi connectivity index (χ2v) is 5.68. The standard InChI is InChI=1S/C13H23N5/c1-16-12-2-3-13(16)10-17(5-4-12)6-7-18-9-11(14)8-15-18/h8-9,12-13H,2-7,10,14H2,1H3. The summed E-state index contributed by atoms with van der Waals surface area (Å²) >= 11 is 0. The molecule has 0 radical (unpaired) electrons. The second kappa shape index (κ2) is 4.90. The number of likely N-dealkylation sites (N-methyl/N-ethyl adjacent to an activating group) is 1. The van der Waals surface area contributed by atoms with Crippen molar-refractivity contribution in [3.63, 3.8) is 0 Å². The number of hydrogen-bond acceptors (Lipinski definition) is 4. The van der Waals surface area contributed by atoms with E-state index in [0.717, 1.165) is 30.9 Å². The van der Waals surface area contributed by atoms with Gasteiger partial charge in [0.2, 0.25) is 0 Å². The lowest BCUT2D eigenvalue weighted by Gasteiger charge is -2.25. The number of hydrogen-bond donors (Lipinski definition) is 1. The van der Waals surface area contributed by atoms with Crippen molar-refractivity contribution in [2.24, 2.45) is 0 Å². The Hall–Kier alpha value is -1.07. The number of nitrogens with zero attached hydrogens (tertiary/aromatic N) is 4. The predicted octanol–water partition coefficient (Wildman–Crippen LogP) is 0.634. The number of likely N-dealkylation sites (tertiary alicyclic amines) is 1. The van der Waals surface area contributed by atoms with Crippen molar-refractivity contribution >= 4 is 5.69 Å². The van der Waals surface area contributed by atoms with E-state index >= 15 is 0 Å². The molecular formula is C13H23N5. The van der Waals surface area contributed by atoms with Gasteiger partial charge in [-0.15, -0.1) is 0 Å². The van der Waals surface area contributed by atoms with Crippen molar-refractivity contribution in [1.29, 1.82) is 0 Å². The number of aromatic nitrogens is 2. The SMILES string of the molecule is CN1C2CCC1CN(CCn1cc(N)cn1)CC2. The quantitative estimate of drug-likeness (QED) is 0.854. The third-order valence-corrected chi connectivity index (χ3v) is 4.53. The van der Waals surface area contributed by atoms with Crippen LogP contribution in [0.3, 0.4) is 0 Å². The average Bonchev–Trinajstić information content (AvgIpc) is 2.84. The first-order valence-corrected chi connectivity index (χ1v) is 6.94. The van der Waals surface area contributed by atoms with Gasteiger partial charge in [0.05, 0.1) is 18.4 Å². The maximum atomic E-state index is 5.68. The summed E-state index contributed by atoms with van der Waals surface area (Å²) in [6.07, 6.45) is 7.71. The maximum Gasteiger partial charge on any atom is 0.0719 e. The van der Waals surface area contributed by atoms with E-state index in [4.69, 9.17) is 5.73 Å². The third-order valence-electron chi connectivity index (χ3n) is 4.53.